The first kappa shape index (κ1) is 42.4. The van der Waals surface area contributed by atoms with Crippen LogP contribution in [-0.2, 0) is 4.74 Å². The summed E-state index contributed by atoms with van der Waals surface area (Å²) in [4.78, 5) is 0. The fraction of sp³-hybridized carbons (Fsp3) is 1.00. The van der Waals surface area contributed by atoms with Crippen LogP contribution in [-0.4, -0.2) is 13.2 Å². The number of hydrogen-bond acceptors (Lipinski definition) is 1. The summed E-state index contributed by atoms with van der Waals surface area (Å²) in [5.74, 6) is 0. The average Bonchev–Trinajstić information content (AvgIpc) is 3.17. The molecule has 0 amide bonds. The molecule has 1 nitrogen and oxygen atoms in total. The standard InChI is InChI=1S/C12H24.C11H22O.C11H22.3CH4/c1-10(2,3)12(8-7-9-12)11(4,5)6;1-9(2,3)11(7-12-8-11)10(4,5)6;1-9(2,3)11(7-8-11)10(4,5)6;;;/h7-9H2,1-6H3;7-8H2,1-6H3;7-8H2,1-6H3;3*1H4. The monoisotopic (exact) mass is 541 g/mol. The third-order valence-corrected chi connectivity index (χ3v) is 11.3. The maximum Gasteiger partial charge on any atom is 0.0554 e. The minimum atomic E-state index is 0. The van der Waals surface area contributed by atoms with Gasteiger partial charge in [0.1, 0.15) is 0 Å². The van der Waals surface area contributed by atoms with Gasteiger partial charge in [0.2, 0.25) is 0 Å². The van der Waals surface area contributed by atoms with Crippen LogP contribution in [0.4, 0.5) is 0 Å². The van der Waals surface area contributed by atoms with Gasteiger partial charge in [-0.15, -0.1) is 0 Å². The summed E-state index contributed by atoms with van der Waals surface area (Å²) in [6, 6.07) is 0. The van der Waals surface area contributed by atoms with Gasteiger partial charge in [0.25, 0.3) is 0 Å². The minimum absolute atomic E-state index is 0. The second-order valence-corrected chi connectivity index (χ2v) is 18.6. The van der Waals surface area contributed by atoms with Gasteiger partial charge in [-0.3, -0.25) is 0 Å². The highest BCUT2D eigenvalue weighted by Gasteiger charge is 2.59. The topological polar surface area (TPSA) is 9.23 Å². The van der Waals surface area contributed by atoms with Gasteiger partial charge >= 0.3 is 0 Å². The fourth-order valence-corrected chi connectivity index (χ4v) is 8.20. The summed E-state index contributed by atoms with van der Waals surface area (Å²) in [6.45, 7) is 44.5. The lowest BCUT2D eigenvalue weighted by molar-refractivity contribution is -0.224. The summed E-state index contributed by atoms with van der Waals surface area (Å²) >= 11 is 0. The van der Waals surface area contributed by atoms with Crippen LogP contribution in [0.15, 0.2) is 0 Å². The third-order valence-electron chi connectivity index (χ3n) is 11.3. The Kier molecular flexibility index (Phi) is 13.9. The summed E-state index contributed by atoms with van der Waals surface area (Å²) in [6.07, 6.45) is 7.16. The maximum atomic E-state index is 5.39. The third kappa shape index (κ3) is 7.82. The second-order valence-electron chi connectivity index (χ2n) is 18.6. The molecule has 234 valence electrons. The molecule has 2 aliphatic carbocycles. The Hall–Kier alpha value is -0.0400. The lowest BCUT2D eigenvalue weighted by Gasteiger charge is -2.60. The van der Waals surface area contributed by atoms with Crippen molar-refractivity contribution in [1.29, 1.82) is 0 Å². The molecule has 2 saturated carbocycles. The molecular formula is C37H80O. The molecule has 3 fully saturated rings. The highest BCUT2D eigenvalue weighted by Crippen LogP contribution is 2.67. The van der Waals surface area contributed by atoms with Gasteiger partial charge in [-0.2, -0.15) is 0 Å². The van der Waals surface area contributed by atoms with E-state index >= 15 is 0 Å². The smallest absolute Gasteiger partial charge is 0.0554 e. The maximum absolute atomic E-state index is 5.39. The molecule has 38 heavy (non-hydrogen) atoms. The van der Waals surface area contributed by atoms with Crippen LogP contribution in [0.2, 0.25) is 0 Å². The molecule has 0 radical (unpaired) electrons. The minimum Gasteiger partial charge on any atom is -0.380 e. The molecule has 0 bridgehead atoms. The zero-order valence-corrected chi connectivity index (χ0v) is 27.9. The van der Waals surface area contributed by atoms with Crippen molar-refractivity contribution in [3.8, 4) is 0 Å². The van der Waals surface area contributed by atoms with E-state index in [9.17, 15) is 0 Å². The molecule has 0 unspecified atom stereocenters. The zero-order chi connectivity index (χ0) is 28.2. The molecule has 0 aromatic rings. The number of ether oxygens (including phenoxy) is 1. The Morgan fingerprint density at radius 1 is 0.342 bits per heavy atom. The predicted octanol–water partition coefficient (Wildman–Crippen LogP) is 13.1. The highest BCUT2D eigenvalue weighted by molar-refractivity contribution is 5.08. The molecule has 3 rings (SSSR count). The molecule has 1 aliphatic heterocycles. The molecule has 3 aliphatic rings. The molecular weight excluding hydrogens is 460 g/mol. The Morgan fingerprint density at radius 2 is 0.553 bits per heavy atom. The van der Waals surface area contributed by atoms with Crippen molar-refractivity contribution in [2.45, 2.75) is 179 Å². The SMILES string of the molecule is C.C.C.CC(C)(C)C1(C(C)(C)C)CC1.CC(C)(C)C1(C(C)(C)C)CCC1.CC(C)(C)C1(C(C)(C)C)COC1. The fourth-order valence-electron chi connectivity index (χ4n) is 8.20. The second kappa shape index (κ2) is 12.4. The van der Waals surface area contributed by atoms with E-state index in [0.717, 1.165) is 13.2 Å². The van der Waals surface area contributed by atoms with Gasteiger partial charge in [0, 0.05) is 5.41 Å². The Labute approximate surface area is 245 Å². The van der Waals surface area contributed by atoms with Crippen molar-refractivity contribution in [3.63, 3.8) is 0 Å². The summed E-state index contributed by atoms with van der Waals surface area (Å²) in [5.41, 5.74) is 4.23. The normalized spacial score (nSPS) is 21.6. The first-order valence-electron chi connectivity index (χ1n) is 14.7. The number of rotatable bonds is 0. The van der Waals surface area contributed by atoms with Crippen molar-refractivity contribution in [1.82, 2.24) is 0 Å². The summed E-state index contributed by atoms with van der Waals surface area (Å²) < 4.78 is 5.39. The van der Waals surface area contributed by atoms with Crippen molar-refractivity contribution in [2.75, 3.05) is 13.2 Å². The van der Waals surface area contributed by atoms with Crippen LogP contribution in [0.3, 0.4) is 0 Å². The van der Waals surface area contributed by atoms with Gasteiger partial charge in [-0.1, -0.05) is 153 Å². The first-order valence-corrected chi connectivity index (χ1v) is 14.7. The van der Waals surface area contributed by atoms with Gasteiger partial charge in [0.15, 0.2) is 0 Å². The van der Waals surface area contributed by atoms with Gasteiger partial charge < -0.3 is 4.74 Å². The Balaban J connectivity index is -0.000000466. The summed E-state index contributed by atoms with van der Waals surface area (Å²) in [7, 11) is 0. The van der Waals surface area contributed by atoms with Crippen LogP contribution < -0.4 is 0 Å². The van der Waals surface area contributed by atoms with Crippen LogP contribution in [0.1, 0.15) is 179 Å². The molecule has 1 heterocycles. The lowest BCUT2D eigenvalue weighted by Crippen LogP contribution is -2.59. The largest absolute Gasteiger partial charge is 0.380 e. The van der Waals surface area contributed by atoms with Gasteiger partial charge in [-0.25, -0.2) is 0 Å². The van der Waals surface area contributed by atoms with E-state index < -0.39 is 0 Å². The van der Waals surface area contributed by atoms with Gasteiger partial charge in [-0.05, 0) is 69.0 Å². The molecule has 0 aromatic carbocycles. The van der Waals surface area contributed by atoms with Crippen LogP contribution in [0.25, 0.3) is 0 Å². The first-order chi connectivity index (χ1) is 15.1. The van der Waals surface area contributed by atoms with E-state index in [-0.39, 0.29) is 22.3 Å². The molecule has 0 N–H and O–H groups in total. The Bertz CT molecular complexity index is 580. The average molecular weight is 541 g/mol. The van der Waals surface area contributed by atoms with Crippen molar-refractivity contribution in [3.05, 3.63) is 0 Å². The highest BCUT2D eigenvalue weighted by atomic mass is 16.5. The predicted molar refractivity (Wildman–Crippen MR) is 178 cm³/mol. The summed E-state index contributed by atoms with van der Waals surface area (Å²) in [5, 5.41) is 0. The van der Waals surface area contributed by atoms with Crippen molar-refractivity contribution >= 4 is 0 Å². The molecule has 0 atom stereocenters. The van der Waals surface area contributed by atoms with Crippen molar-refractivity contribution < 1.29 is 4.74 Å². The van der Waals surface area contributed by atoms with Crippen molar-refractivity contribution in [2.24, 2.45) is 48.7 Å². The van der Waals surface area contributed by atoms with Gasteiger partial charge in [0.05, 0.1) is 13.2 Å². The van der Waals surface area contributed by atoms with E-state index in [1.165, 1.54) is 32.1 Å². The van der Waals surface area contributed by atoms with E-state index in [1.807, 2.05) is 0 Å². The molecule has 0 spiro atoms. The van der Waals surface area contributed by atoms with E-state index in [0.29, 0.717) is 48.7 Å². The van der Waals surface area contributed by atoms with E-state index in [2.05, 4.69) is 125 Å². The molecule has 0 aromatic heterocycles. The molecule has 1 heteroatoms. The van der Waals surface area contributed by atoms with Crippen LogP contribution >= 0.6 is 0 Å². The van der Waals surface area contributed by atoms with E-state index in [1.54, 1.807) is 0 Å². The van der Waals surface area contributed by atoms with Crippen LogP contribution in [0.5, 0.6) is 0 Å². The molecule has 1 saturated heterocycles. The lowest BCUT2D eigenvalue weighted by atomic mass is 9.45. The Morgan fingerprint density at radius 3 is 0.553 bits per heavy atom. The zero-order valence-electron chi connectivity index (χ0n) is 27.9. The van der Waals surface area contributed by atoms with E-state index in [4.69, 9.17) is 4.74 Å². The number of hydrogen-bond donors (Lipinski definition) is 0. The van der Waals surface area contributed by atoms with Crippen LogP contribution in [0, 0.1) is 48.7 Å². The quantitative estimate of drug-likeness (QED) is 0.297.